The molecule has 0 atom stereocenters. The van der Waals surface area contributed by atoms with Crippen LogP contribution in [0, 0.1) is 0 Å². The van der Waals surface area contributed by atoms with E-state index in [-0.39, 0.29) is 0 Å². The quantitative estimate of drug-likeness (QED) is 0.581. The fourth-order valence-corrected chi connectivity index (χ4v) is 2.90. The molecule has 1 aliphatic heterocycles. The van der Waals surface area contributed by atoms with E-state index in [4.69, 9.17) is 4.42 Å². The number of benzene rings is 1. The lowest BCUT2D eigenvalue weighted by Crippen LogP contribution is -2.46. The first kappa shape index (κ1) is 15.0. The van der Waals surface area contributed by atoms with Gasteiger partial charge in [-0.15, -0.1) is 0 Å². The van der Waals surface area contributed by atoms with Crippen LogP contribution in [0.3, 0.4) is 0 Å². The number of fused-ring (bicyclic) bond motifs is 1. The van der Waals surface area contributed by atoms with Gasteiger partial charge in [-0.25, -0.2) is 0 Å². The molecule has 1 aromatic heterocycles. The average molecular weight is 301 g/mol. The van der Waals surface area contributed by atoms with Crippen molar-refractivity contribution in [1.29, 1.82) is 0 Å². The third kappa shape index (κ3) is 3.65. The number of nitrogens with zero attached hydrogens (tertiary/aromatic N) is 3. The third-order valence-corrected chi connectivity index (χ3v) is 4.22. The Balaban J connectivity index is 1.46. The second-order valence-electron chi connectivity index (χ2n) is 5.81. The zero-order chi connectivity index (χ0) is 15.2. The maximum atomic E-state index is 10.3. The number of aldehydes is 1. The van der Waals surface area contributed by atoms with E-state index in [1.165, 1.54) is 6.42 Å². The molecule has 0 N–H and O–H groups in total. The average Bonchev–Trinajstić information content (AvgIpc) is 2.99. The Hall–Kier alpha value is -1.88. The van der Waals surface area contributed by atoms with Crippen LogP contribution in [0.15, 0.2) is 28.7 Å². The van der Waals surface area contributed by atoms with E-state index in [2.05, 4.69) is 14.8 Å². The molecule has 22 heavy (non-hydrogen) atoms. The van der Waals surface area contributed by atoms with Gasteiger partial charge in [0.15, 0.2) is 5.58 Å². The number of unbranched alkanes of at least 4 members (excludes halogenated alkanes) is 3. The smallest absolute Gasteiger partial charge is 0.298 e. The summed E-state index contributed by atoms with van der Waals surface area (Å²) in [7, 11) is 0. The summed E-state index contributed by atoms with van der Waals surface area (Å²) in [4.78, 5) is 19.6. The molecule has 0 unspecified atom stereocenters. The first-order valence-electron chi connectivity index (χ1n) is 8.13. The van der Waals surface area contributed by atoms with Crippen molar-refractivity contribution in [2.75, 3.05) is 37.6 Å². The van der Waals surface area contributed by atoms with Gasteiger partial charge in [0.25, 0.3) is 6.01 Å². The van der Waals surface area contributed by atoms with E-state index in [1.54, 1.807) is 0 Å². The Kier molecular flexibility index (Phi) is 5.06. The van der Waals surface area contributed by atoms with E-state index in [1.807, 2.05) is 24.3 Å². The van der Waals surface area contributed by atoms with Crippen molar-refractivity contribution in [3.8, 4) is 0 Å². The first-order chi connectivity index (χ1) is 10.9. The van der Waals surface area contributed by atoms with E-state index in [9.17, 15) is 4.79 Å². The van der Waals surface area contributed by atoms with Gasteiger partial charge in [0.1, 0.15) is 11.8 Å². The van der Waals surface area contributed by atoms with Gasteiger partial charge in [-0.2, -0.15) is 4.98 Å². The number of rotatable bonds is 7. The number of hydrogen-bond donors (Lipinski definition) is 0. The summed E-state index contributed by atoms with van der Waals surface area (Å²) in [6.07, 6.45) is 5.05. The van der Waals surface area contributed by atoms with Crippen molar-refractivity contribution >= 4 is 23.4 Å². The Labute approximate surface area is 130 Å². The summed E-state index contributed by atoms with van der Waals surface area (Å²) in [6, 6.07) is 8.64. The van der Waals surface area contributed by atoms with E-state index in [0.717, 1.165) is 69.0 Å². The van der Waals surface area contributed by atoms with Gasteiger partial charge in [0.05, 0.1) is 0 Å². The highest BCUT2D eigenvalue weighted by molar-refractivity contribution is 5.74. The number of piperazine rings is 1. The molecule has 0 aliphatic carbocycles. The number of hydrogen-bond acceptors (Lipinski definition) is 5. The first-order valence-corrected chi connectivity index (χ1v) is 8.13. The maximum Gasteiger partial charge on any atom is 0.298 e. The second-order valence-corrected chi connectivity index (χ2v) is 5.81. The molecule has 3 rings (SSSR count). The molecule has 0 bridgehead atoms. The highest BCUT2D eigenvalue weighted by Gasteiger charge is 2.20. The zero-order valence-corrected chi connectivity index (χ0v) is 12.9. The lowest BCUT2D eigenvalue weighted by atomic mass is 10.2. The summed E-state index contributed by atoms with van der Waals surface area (Å²) in [5.41, 5.74) is 1.78. The number of para-hydroxylation sites is 2. The van der Waals surface area contributed by atoms with Gasteiger partial charge >= 0.3 is 0 Å². The fraction of sp³-hybridized carbons (Fsp3) is 0.529. The molecule has 2 heterocycles. The summed E-state index contributed by atoms with van der Waals surface area (Å²) >= 11 is 0. The summed E-state index contributed by atoms with van der Waals surface area (Å²) < 4.78 is 5.83. The van der Waals surface area contributed by atoms with Crippen LogP contribution < -0.4 is 4.90 Å². The van der Waals surface area contributed by atoms with Gasteiger partial charge < -0.3 is 14.1 Å². The van der Waals surface area contributed by atoms with Gasteiger partial charge in [0.2, 0.25) is 0 Å². The molecule has 1 aliphatic rings. The topological polar surface area (TPSA) is 49.6 Å². The molecular formula is C17H23N3O2. The molecule has 118 valence electrons. The molecule has 5 nitrogen and oxygen atoms in total. The van der Waals surface area contributed by atoms with E-state index >= 15 is 0 Å². The van der Waals surface area contributed by atoms with Crippen LogP contribution in [0.1, 0.15) is 25.7 Å². The summed E-state index contributed by atoms with van der Waals surface area (Å²) in [6.45, 7) is 5.14. The minimum absolute atomic E-state index is 0.700. The highest BCUT2D eigenvalue weighted by atomic mass is 16.4. The van der Waals surface area contributed by atoms with Crippen molar-refractivity contribution in [3.05, 3.63) is 24.3 Å². The molecule has 1 aromatic carbocycles. The normalized spacial score (nSPS) is 16.3. The predicted octanol–water partition coefficient (Wildman–Crippen LogP) is 2.71. The monoisotopic (exact) mass is 301 g/mol. The predicted molar refractivity (Wildman–Crippen MR) is 87.2 cm³/mol. The number of oxazole rings is 1. The standard InChI is InChI=1S/C17H23N3O2/c21-14-6-2-1-5-9-19-10-12-20(13-11-19)17-18-15-7-3-4-8-16(15)22-17/h3-4,7-8,14H,1-2,5-6,9-13H2. The molecular weight excluding hydrogens is 278 g/mol. The SMILES string of the molecule is O=CCCCCCN1CCN(c2nc3ccccc3o2)CC1. The van der Waals surface area contributed by atoms with Crippen LogP contribution in [0.2, 0.25) is 0 Å². The minimum atomic E-state index is 0.700. The van der Waals surface area contributed by atoms with Gasteiger partial charge in [-0.05, 0) is 31.5 Å². The third-order valence-electron chi connectivity index (χ3n) is 4.22. The fourth-order valence-electron chi connectivity index (χ4n) is 2.90. The van der Waals surface area contributed by atoms with Crippen LogP contribution in [0.25, 0.3) is 11.1 Å². The van der Waals surface area contributed by atoms with Gasteiger partial charge in [-0.3, -0.25) is 4.90 Å². The van der Waals surface area contributed by atoms with Crippen LogP contribution in [-0.2, 0) is 4.79 Å². The minimum Gasteiger partial charge on any atom is -0.423 e. The molecule has 0 amide bonds. The summed E-state index contributed by atoms with van der Waals surface area (Å²) in [5, 5.41) is 0. The number of aromatic nitrogens is 1. The molecule has 1 saturated heterocycles. The zero-order valence-electron chi connectivity index (χ0n) is 12.9. The number of carbonyl (C=O) groups is 1. The van der Waals surface area contributed by atoms with Crippen molar-refractivity contribution in [2.45, 2.75) is 25.7 Å². The molecule has 2 aromatic rings. The van der Waals surface area contributed by atoms with E-state index < -0.39 is 0 Å². The van der Waals surface area contributed by atoms with Crippen molar-refractivity contribution in [2.24, 2.45) is 0 Å². The number of anilines is 1. The Morgan fingerprint density at radius 3 is 2.68 bits per heavy atom. The molecule has 0 spiro atoms. The summed E-state index contributed by atoms with van der Waals surface area (Å²) in [5.74, 6) is 0. The van der Waals surface area contributed by atoms with Crippen LogP contribution in [0.4, 0.5) is 6.01 Å². The van der Waals surface area contributed by atoms with Crippen molar-refractivity contribution < 1.29 is 9.21 Å². The molecule has 1 fully saturated rings. The van der Waals surface area contributed by atoms with Crippen LogP contribution in [-0.4, -0.2) is 48.9 Å². The van der Waals surface area contributed by atoms with E-state index in [0.29, 0.717) is 6.42 Å². The van der Waals surface area contributed by atoms with Crippen molar-refractivity contribution in [3.63, 3.8) is 0 Å². The lowest BCUT2D eigenvalue weighted by Gasteiger charge is -2.33. The molecule has 0 radical (unpaired) electrons. The lowest BCUT2D eigenvalue weighted by molar-refractivity contribution is -0.107. The van der Waals surface area contributed by atoms with Crippen LogP contribution >= 0.6 is 0 Å². The highest BCUT2D eigenvalue weighted by Crippen LogP contribution is 2.22. The molecule has 0 saturated carbocycles. The number of carbonyl (C=O) groups excluding carboxylic acids is 1. The van der Waals surface area contributed by atoms with Crippen LogP contribution in [0.5, 0.6) is 0 Å². The molecule has 5 heteroatoms. The van der Waals surface area contributed by atoms with Gasteiger partial charge in [0, 0.05) is 32.6 Å². The van der Waals surface area contributed by atoms with Crippen molar-refractivity contribution in [1.82, 2.24) is 9.88 Å². The maximum absolute atomic E-state index is 10.3. The largest absolute Gasteiger partial charge is 0.423 e. The van der Waals surface area contributed by atoms with Gasteiger partial charge in [-0.1, -0.05) is 18.6 Å². The Morgan fingerprint density at radius 1 is 1.09 bits per heavy atom. The second kappa shape index (κ2) is 7.40. The Bertz CT molecular complexity index is 570. The Morgan fingerprint density at radius 2 is 1.91 bits per heavy atom.